The van der Waals surface area contributed by atoms with Gasteiger partial charge in [-0.15, -0.1) is 0 Å². The van der Waals surface area contributed by atoms with Crippen molar-refractivity contribution in [3.63, 3.8) is 0 Å². The molecule has 5 heteroatoms. The van der Waals surface area contributed by atoms with Crippen LogP contribution in [0.3, 0.4) is 0 Å². The Labute approximate surface area is 120 Å². The number of halogens is 2. The fraction of sp³-hybridized carbons (Fsp3) is 0.462. The molecule has 0 aliphatic carbocycles. The Morgan fingerprint density at radius 1 is 1.56 bits per heavy atom. The number of carbonyl (C=O) groups excluding carboxylic acids is 1. The number of amides is 1. The third kappa shape index (κ3) is 3.70. The maximum absolute atomic E-state index is 12.0. The summed E-state index contributed by atoms with van der Waals surface area (Å²) in [4.78, 5) is 12.0. The molecule has 0 aromatic heterocycles. The summed E-state index contributed by atoms with van der Waals surface area (Å²) in [5.74, 6) is -0.0811. The van der Waals surface area contributed by atoms with E-state index in [1.165, 1.54) is 12.8 Å². The maximum atomic E-state index is 12.0. The zero-order valence-electron chi connectivity index (χ0n) is 10.0. The van der Waals surface area contributed by atoms with Gasteiger partial charge in [-0.3, -0.25) is 4.79 Å². The van der Waals surface area contributed by atoms with Gasteiger partial charge in [0.25, 0.3) is 5.91 Å². The zero-order chi connectivity index (χ0) is 13.0. The summed E-state index contributed by atoms with van der Waals surface area (Å²) in [6, 6.07) is 5.77. The first kappa shape index (κ1) is 13.8. The van der Waals surface area contributed by atoms with Gasteiger partial charge in [-0.1, -0.05) is 11.6 Å². The molecular weight excluding hydrogens is 316 g/mol. The first-order valence-electron chi connectivity index (χ1n) is 6.13. The lowest BCUT2D eigenvalue weighted by Crippen LogP contribution is -2.30. The Morgan fingerprint density at radius 2 is 2.39 bits per heavy atom. The molecule has 2 rings (SSSR count). The van der Waals surface area contributed by atoms with Crippen molar-refractivity contribution in [2.24, 2.45) is 0 Å². The van der Waals surface area contributed by atoms with E-state index in [-0.39, 0.29) is 5.91 Å². The van der Waals surface area contributed by atoms with Gasteiger partial charge in [-0.2, -0.15) is 0 Å². The zero-order valence-corrected chi connectivity index (χ0v) is 12.4. The third-order valence-corrected chi connectivity index (χ3v) is 4.04. The van der Waals surface area contributed by atoms with Crippen LogP contribution in [0.5, 0.6) is 0 Å². The summed E-state index contributed by atoms with van der Waals surface area (Å²) in [6.07, 6.45) is 3.42. The smallest absolute Gasteiger partial charge is 0.252 e. The summed E-state index contributed by atoms with van der Waals surface area (Å²) in [5.41, 5.74) is 0.585. The van der Waals surface area contributed by atoms with Crippen LogP contribution in [-0.4, -0.2) is 25.0 Å². The summed E-state index contributed by atoms with van der Waals surface area (Å²) in [5, 5.41) is 6.91. The SMILES string of the molecule is O=C(NCC[C@@H]1CCCN1)c1cc(Cl)ccc1Br. The number of hydrogen-bond donors (Lipinski definition) is 2. The van der Waals surface area contributed by atoms with Crippen LogP contribution in [0.2, 0.25) is 5.02 Å². The van der Waals surface area contributed by atoms with Gasteiger partial charge in [0.1, 0.15) is 0 Å². The molecule has 0 spiro atoms. The van der Waals surface area contributed by atoms with Crippen LogP contribution >= 0.6 is 27.5 Å². The van der Waals surface area contributed by atoms with Crippen molar-refractivity contribution < 1.29 is 4.79 Å². The lowest BCUT2D eigenvalue weighted by atomic mass is 10.1. The van der Waals surface area contributed by atoms with E-state index in [1.807, 2.05) is 0 Å². The highest BCUT2D eigenvalue weighted by Crippen LogP contribution is 2.21. The molecule has 0 bridgehead atoms. The van der Waals surface area contributed by atoms with Crippen molar-refractivity contribution in [1.82, 2.24) is 10.6 Å². The van der Waals surface area contributed by atoms with E-state index < -0.39 is 0 Å². The standard InChI is InChI=1S/C13H16BrClN2O/c14-12-4-3-9(15)8-11(12)13(18)17-7-5-10-2-1-6-16-10/h3-4,8,10,16H,1-2,5-7H2,(H,17,18)/t10-/m0/s1. The Morgan fingerprint density at radius 3 is 3.11 bits per heavy atom. The second kappa shape index (κ2) is 6.55. The minimum atomic E-state index is -0.0811. The van der Waals surface area contributed by atoms with Crippen molar-refractivity contribution in [3.05, 3.63) is 33.3 Å². The number of hydrogen-bond acceptors (Lipinski definition) is 2. The Kier molecular flexibility index (Phi) is 5.03. The topological polar surface area (TPSA) is 41.1 Å². The van der Waals surface area contributed by atoms with Crippen LogP contribution in [0.25, 0.3) is 0 Å². The second-order valence-corrected chi connectivity index (χ2v) is 5.75. The van der Waals surface area contributed by atoms with Crippen molar-refractivity contribution in [2.75, 3.05) is 13.1 Å². The fourth-order valence-electron chi connectivity index (χ4n) is 2.13. The molecule has 1 aliphatic heterocycles. The van der Waals surface area contributed by atoms with Gasteiger partial charge in [-0.05, 0) is 59.9 Å². The molecule has 3 nitrogen and oxygen atoms in total. The predicted molar refractivity (Wildman–Crippen MR) is 77.1 cm³/mol. The average Bonchev–Trinajstić information content (AvgIpc) is 2.85. The molecule has 1 aliphatic rings. The van der Waals surface area contributed by atoms with Gasteiger partial charge < -0.3 is 10.6 Å². The molecule has 1 aromatic rings. The van der Waals surface area contributed by atoms with Crippen molar-refractivity contribution >= 4 is 33.4 Å². The van der Waals surface area contributed by atoms with Crippen LogP contribution < -0.4 is 10.6 Å². The molecular formula is C13H16BrClN2O. The molecule has 1 fully saturated rings. The number of benzene rings is 1. The average molecular weight is 332 g/mol. The van der Waals surface area contributed by atoms with Crippen LogP contribution in [0, 0.1) is 0 Å². The molecule has 0 saturated carbocycles. The van der Waals surface area contributed by atoms with Crippen molar-refractivity contribution in [2.45, 2.75) is 25.3 Å². The minimum Gasteiger partial charge on any atom is -0.352 e. The van der Waals surface area contributed by atoms with E-state index in [4.69, 9.17) is 11.6 Å². The lowest BCUT2D eigenvalue weighted by Gasteiger charge is -2.11. The predicted octanol–water partition coefficient (Wildman–Crippen LogP) is 2.97. The summed E-state index contributed by atoms with van der Waals surface area (Å²) >= 11 is 9.25. The van der Waals surface area contributed by atoms with E-state index in [0.717, 1.165) is 17.4 Å². The Hall–Kier alpha value is -0.580. The van der Waals surface area contributed by atoms with E-state index in [0.29, 0.717) is 23.2 Å². The first-order valence-corrected chi connectivity index (χ1v) is 7.30. The van der Waals surface area contributed by atoms with Gasteiger partial charge >= 0.3 is 0 Å². The fourth-order valence-corrected chi connectivity index (χ4v) is 2.73. The summed E-state index contributed by atoms with van der Waals surface area (Å²) in [6.45, 7) is 1.79. The van der Waals surface area contributed by atoms with Crippen molar-refractivity contribution in [3.8, 4) is 0 Å². The van der Waals surface area contributed by atoms with Gasteiger partial charge in [0.05, 0.1) is 5.56 Å². The van der Waals surface area contributed by atoms with E-state index in [9.17, 15) is 4.79 Å². The van der Waals surface area contributed by atoms with Crippen LogP contribution in [0.1, 0.15) is 29.6 Å². The molecule has 98 valence electrons. The van der Waals surface area contributed by atoms with Gasteiger partial charge in [0.2, 0.25) is 0 Å². The third-order valence-electron chi connectivity index (χ3n) is 3.11. The van der Waals surface area contributed by atoms with E-state index in [2.05, 4.69) is 26.6 Å². The largest absolute Gasteiger partial charge is 0.352 e. The van der Waals surface area contributed by atoms with Gasteiger partial charge in [0, 0.05) is 22.1 Å². The first-order chi connectivity index (χ1) is 8.66. The maximum Gasteiger partial charge on any atom is 0.252 e. The van der Waals surface area contributed by atoms with Gasteiger partial charge in [0.15, 0.2) is 0 Å². The molecule has 2 N–H and O–H groups in total. The molecule has 1 saturated heterocycles. The highest BCUT2D eigenvalue weighted by Gasteiger charge is 2.15. The molecule has 0 radical (unpaired) electrons. The molecule has 0 unspecified atom stereocenters. The molecule has 1 amide bonds. The molecule has 1 aromatic carbocycles. The summed E-state index contributed by atoms with van der Waals surface area (Å²) < 4.78 is 0.767. The minimum absolute atomic E-state index is 0.0811. The molecule has 18 heavy (non-hydrogen) atoms. The van der Waals surface area contributed by atoms with Gasteiger partial charge in [-0.25, -0.2) is 0 Å². The monoisotopic (exact) mass is 330 g/mol. The van der Waals surface area contributed by atoms with Crippen molar-refractivity contribution in [1.29, 1.82) is 0 Å². The number of nitrogens with one attached hydrogen (secondary N) is 2. The lowest BCUT2D eigenvalue weighted by molar-refractivity contribution is 0.0951. The van der Waals surface area contributed by atoms with E-state index >= 15 is 0 Å². The molecule has 1 atom stereocenters. The Balaban J connectivity index is 1.85. The Bertz CT molecular complexity index is 433. The quantitative estimate of drug-likeness (QED) is 0.890. The summed E-state index contributed by atoms with van der Waals surface area (Å²) in [7, 11) is 0. The highest BCUT2D eigenvalue weighted by atomic mass is 79.9. The molecule has 1 heterocycles. The highest BCUT2D eigenvalue weighted by molar-refractivity contribution is 9.10. The van der Waals surface area contributed by atoms with Crippen LogP contribution in [0.15, 0.2) is 22.7 Å². The normalized spacial score (nSPS) is 18.9. The number of carbonyl (C=O) groups is 1. The van der Waals surface area contributed by atoms with Crippen LogP contribution in [0.4, 0.5) is 0 Å². The van der Waals surface area contributed by atoms with Crippen LogP contribution in [-0.2, 0) is 0 Å². The second-order valence-electron chi connectivity index (χ2n) is 4.46. The number of rotatable bonds is 4. The van der Waals surface area contributed by atoms with E-state index in [1.54, 1.807) is 18.2 Å².